The molecule has 0 saturated heterocycles. The summed E-state index contributed by atoms with van der Waals surface area (Å²) in [5, 5.41) is 0. The summed E-state index contributed by atoms with van der Waals surface area (Å²) in [7, 11) is 0. The molecule has 0 radical (unpaired) electrons. The molecule has 0 spiro atoms. The van der Waals surface area contributed by atoms with Crippen molar-refractivity contribution in [3.63, 3.8) is 0 Å². The Bertz CT molecular complexity index is 243. The molecule has 0 heterocycles. The van der Waals surface area contributed by atoms with Crippen LogP contribution in [0.4, 0.5) is 0 Å². The van der Waals surface area contributed by atoms with Gasteiger partial charge in [0.25, 0.3) is 0 Å². The zero-order chi connectivity index (χ0) is 8.27. The maximum atomic E-state index is 5.23. The van der Waals surface area contributed by atoms with E-state index < -0.39 is 0 Å². The fourth-order valence-electron chi connectivity index (χ4n) is 1.11. The van der Waals surface area contributed by atoms with Crippen molar-refractivity contribution < 1.29 is 0 Å². The van der Waals surface area contributed by atoms with Gasteiger partial charge in [-0.05, 0) is 30.5 Å². The van der Waals surface area contributed by atoms with Crippen LogP contribution in [-0.4, -0.2) is 0 Å². The number of rotatable bonds is 2. The third-order valence-electron chi connectivity index (χ3n) is 2.01. The summed E-state index contributed by atoms with van der Waals surface area (Å²) in [5.41, 5.74) is 6.56. The van der Waals surface area contributed by atoms with Crippen molar-refractivity contribution in [2.45, 2.75) is 20.4 Å². The Kier molecular flexibility index (Phi) is 2.63. The monoisotopic (exact) mass is 150 g/mol. The van der Waals surface area contributed by atoms with E-state index >= 15 is 0 Å². The number of nitrogens with one attached hydrogen (secondary N) is 1. The molecule has 0 aliphatic carbocycles. The van der Waals surface area contributed by atoms with Gasteiger partial charge in [-0.1, -0.05) is 18.2 Å². The van der Waals surface area contributed by atoms with E-state index in [1.165, 1.54) is 16.7 Å². The second kappa shape index (κ2) is 3.51. The van der Waals surface area contributed by atoms with E-state index in [2.05, 4.69) is 37.5 Å². The van der Waals surface area contributed by atoms with Gasteiger partial charge >= 0.3 is 0 Å². The van der Waals surface area contributed by atoms with E-state index in [0.29, 0.717) is 0 Å². The molecule has 0 aromatic heterocycles. The lowest BCUT2D eigenvalue weighted by molar-refractivity contribution is 0.737. The molecule has 60 valence electrons. The first-order chi connectivity index (χ1) is 5.25. The largest absolute Gasteiger partial charge is 0.271 e. The predicted octanol–water partition coefficient (Wildman–Crippen LogP) is 1.27. The van der Waals surface area contributed by atoms with Gasteiger partial charge in [-0.3, -0.25) is 11.3 Å². The molecule has 0 unspecified atom stereocenters. The fourth-order valence-corrected chi connectivity index (χ4v) is 1.11. The minimum absolute atomic E-state index is 0.744. The van der Waals surface area contributed by atoms with Gasteiger partial charge in [-0.15, -0.1) is 0 Å². The molecule has 0 bridgehead atoms. The van der Waals surface area contributed by atoms with Crippen LogP contribution < -0.4 is 11.3 Å². The topological polar surface area (TPSA) is 38.0 Å². The minimum Gasteiger partial charge on any atom is -0.271 e. The van der Waals surface area contributed by atoms with E-state index in [9.17, 15) is 0 Å². The van der Waals surface area contributed by atoms with Crippen molar-refractivity contribution in [1.82, 2.24) is 5.43 Å². The Labute approximate surface area is 67.4 Å². The molecule has 1 aromatic rings. The SMILES string of the molecule is Cc1cccc(CNN)c1C. The second-order valence-electron chi connectivity index (χ2n) is 2.74. The van der Waals surface area contributed by atoms with Gasteiger partial charge in [-0.25, -0.2) is 0 Å². The smallest absolute Gasteiger partial charge is 0.0351 e. The molecule has 1 rings (SSSR count). The normalized spacial score (nSPS) is 10.1. The lowest BCUT2D eigenvalue weighted by Gasteiger charge is -2.06. The third-order valence-corrected chi connectivity index (χ3v) is 2.01. The van der Waals surface area contributed by atoms with Crippen molar-refractivity contribution in [3.8, 4) is 0 Å². The summed E-state index contributed by atoms with van der Waals surface area (Å²) >= 11 is 0. The molecule has 2 nitrogen and oxygen atoms in total. The zero-order valence-corrected chi connectivity index (χ0v) is 7.02. The molecular formula is C9H14N2. The first-order valence-corrected chi connectivity index (χ1v) is 3.74. The molecule has 0 aliphatic heterocycles. The van der Waals surface area contributed by atoms with E-state index in [4.69, 9.17) is 5.84 Å². The summed E-state index contributed by atoms with van der Waals surface area (Å²) in [6.45, 7) is 4.96. The van der Waals surface area contributed by atoms with Crippen LogP contribution in [0.2, 0.25) is 0 Å². The number of hydrogen-bond acceptors (Lipinski definition) is 2. The van der Waals surface area contributed by atoms with E-state index in [0.717, 1.165) is 6.54 Å². The van der Waals surface area contributed by atoms with Crippen LogP contribution in [0.15, 0.2) is 18.2 Å². The van der Waals surface area contributed by atoms with Crippen LogP contribution in [0, 0.1) is 13.8 Å². The summed E-state index contributed by atoms with van der Waals surface area (Å²) in [4.78, 5) is 0. The van der Waals surface area contributed by atoms with E-state index in [1.807, 2.05) is 0 Å². The van der Waals surface area contributed by atoms with Crippen LogP contribution in [-0.2, 0) is 6.54 Å². The first-order valence-electron chi connectivity index (χ1n) is 3.74. The molecule has 0 amide bonds. The van der Waals surface area contributed by atoms with Crippen molar-refractivity contribution in [3.05, 3.63) is 34.9 Å². The summed E-state index contributed by atoms with van der Waals surface area (Å²) in [6, 6.07) is 6.24. The molecule has 0 aliphatic rings. The lowest BCUT2D eigenvalue weighted by Crippen LogP contribution is -2.21. The van der Waals surface area contributed by atoms with Gasteiger partial charge in [0.2, 0.25) is 0 Å². The van der Waals surface area contributed by atoms with E-state index in [-0.39, 0.29) is 0 Å². The minimum atomic E-state index is 0.744. The van der Waals surface area contributed by atoms with E-state index in [1.54, 1.807) is 0 Å². The van der Waals surface area contributed by atoms with Gasteiger partial charge in [0.15, 0.2) is 0 Å². The average Bonchev–Trinajstić information content (AvgIpc) is 1.99. The van der Waals surface area contributed by atoms with Gasteiger partial charge in [0.05, 0.1) is 0 Å². The van der Waals surface area contributed by atoms with Crippen molar-refractivity contribution in [2.75, 3.05) is 0 Å². The Balaban J connectivity index is 2.96. The maximum absolute atomic E-state index is 5.23. The van der Waals surface area contributed by atoms with Gasteiger partial charge in [0.1, 0.15) is 0 Å². The number of nitrogens with two attached hydrogens (primary N) is 1. The Morgan fingerprint density at radius 3 is 2.73 bits per heavy atom. The second-order valence-corrected chi connectivity index (χ2v) is 2.74. The van der Waals surface area contributed by atoms with Crippen molar-refractivity contribution in [2.24, 2.45) is 5.84 Å². The lowest BCUT2D eigenvalue weighted by atomic mass is 10.0. The van der Waals surface area contributed by atoms with Crippen molar-refractivity contribution in [1.29, 1.82) is 0 Å². The summed E-state index contributed by atoms with van der Waals surface area (Å²) in [5.74, 6) is 5.23. The van der Waals surface area contributed by atoms with Gasteiger partial charge in [0, 0.05) is 6.54 Å². The number of hydrazine groups is 1. The zero-order valence-electron chi connectivity index (χ0n) is 7.02. The highest BCUT2D eigenvalue weighted by molar-refractivity contribution is 5.32. The average molecular weight is 150 g/mol. The van der Waals surface area contributed by atoms with Crippen LogP contribution in [0.25, 0.3) is 0 Å². The number of benzene rings is 1. The highest BCUT2D eigenvalue weighted by Crippen LogP contribution is 2.11. The molecule has 2 heteroatoms. The molecule has 0 atom stereocenters. The molecule has 3 N–H and O–H groups in total. The van der Waals surface area contributed by atoms with Crippen LogP contribution in [0.3, 0.4) is 0 Å². The summed E-state index contributed by atoms with van der Waals surface area (Å²) < 4.78 is 0. The van der Waals surface area contributed by atoms with Crippen LogP contribution in [0.5, 0.6) is 0 Å². The van der Waals surface area contributed by atoms with Gasteiger partial charge < -0.3 is 0 Å². The van der Waals surface area contributed by atoms with Crippen LogP contribution in [0.1, 0.15) is 16.7 Å². The maximum Gasteiger partial charge on any atom is 0.0351 e. The Hall–Kier alpha value is -0.860. The molecule has 0 fully saturated rings. The van der Waals surface area contributed by atoms with Crippen molar-refractivity contribution >= 4 is 0 Å². The summed E-state index contributed by atoms with van der Waals surface area (Å²) in [6.07, 6.45) is 0. The molecule has 11 heavy (non-hydrogen) atoms. The highest BCUT2D eigenvalue weighted by atomic mass is 15.2. The predicted molar refractivity (Wildman–Crippen MR) is 46.9 cm³/mol. The van der Waals surface area contributed by atoms with Gasteiger partial charge in [-0.2, -0.15) is 0 Å². The third kappa shape index (κ3) is 1.79. The highest BCUT2D eigenvalue weighted by Gasteiger charge is 1.97. The van der Waals surface area contributed by atoms with Crippen LogP contribution >= 0.6 is 0 Å². The standard InChI is InChI=1S/C9H14N2/c1-7-4-3-5-9(6-11-10)8(7)2/h3-5,11H,6,10H2,1-2H3. The Morgan fingerprint density at radius 1 is 1.36 bits per heavy atom. The molecular weight excluding hydrogens is 136 g/mol. The molecule has 0 saturated carbocycles. The Morgan fingerprint density at radius 2 is 2.09 bits per heavy atom. The number of aryl methyl sites for hydroxylation is 1. The number of hydrogen-bond donors (Lipinski definition) is 2. The first kappa shape index (κ1) is 8.24. The molecule has 1 aromatic carbocycles. The fraction of sp³-hybridized carbons (Fsp3) is 0.333. The quantitative estimate of drug-likeness (QED) is 0.492.